The van der Waals surface area contributed by atoms with Crippen molar-refractivity contribution in [1.82, 2.24) is 0 Å². The lowest BCUT2D eigenvalue weighted by molar-refractivity contribution is 0.567. The molecule has 0 bridgehead atoms. The molecule has 0 N–H and O–H groups in total. The highest BCUT2D eigenvalue weighted by Gasteiger charge is 2.03. The van der Waals surface area contributed by atoms with E-state index < -0.39 is 0 Å². The Morgan fingerprint density at radius 2 is 1.59 bits per heavy atom. The molecule has 0 aliphatic heterocycles. The minimum atomic E-state index is 1.20. The van der Waals surface area contributed by atoms with Gasteiger partial charge in [0, 0.05) is 0 Å². The van der Waals surface area contributed by atoms with Crippen molar-refractivity contribution >= 4 is 0 Å². The number of allylic oxidation sites excluding steroid dienone is 3. The summed E-state index contributed by atoms with van der Waals surface area (Å²) in [7, 11) is 0. The third-order valence-corrected chi connectivity index (χ3v) is 3.79. The van der Waals surface area contributed by atoms with Gasteiger partial charge in [-0.2, -0.15) is 0 Å². The van der Waals surface area contributed by atoms with Crippen LogP contribution in [0.3, 0.4) is 0 Å². The Hall–Kier alpha value is -0.520. The van der Waals surface area contributed by atoms with E-state index in [1.807, 2.05) is 6.08 Å². The van der Waals surface area contributed by atoms with Gasteiger partial charge in [-0.1, -0.05) is 56.3 Å². The van der Waals surface area contributed by atoms with Gasteiger partial charge in [-0.25, -0.2) is 0 Å². The van der Waals surface area contributed by atoms with E-state index in [4.69, 9.17) is 0 Å². The zero-order valence-corrected chi connectivity index (χ0v) is 11.6. The maximum absolute atomic E-state index is 3.76. The van der Waals surface area contributed by atoms with Crippen molar-refractivity contribution in [2.75, 3.05) is 0 Å². The zero-order valence-electron chi connectivity index (χ0n) is 11.6. The molecule has 0 unspecified atom stereocenters. The van der Waals surface area contributed by atoms with E-state index in [0.717, 1.165) is 0 Å². The summed E-state index contributed by atoms with van der Waals surface area (Å²) in [6.45, 7) is 3.76. The minimum absolute atomic E-state index is 1.20. The predicted molar refractivity (Wildman–Crippen MR) is 78.3 cm³/mol. The highest BCUT2D eigenvalue weighted by Crippen LogP contribution is 2.23. The molecule has 1 rings (SSSR count). The fourth-order valence-corrected chi connectivity index (χ4v) is 2.67. The van der Waals surface area contributed by atoms with Crippen LogP contribution in [0.5, 0.6) is 0 Å². The average molecular weight is 234 g/mol. The molecule has 17 heavy (non-hydrogen) atoms. The zero-order chi connectivity index (χ0) is 12.2. The molecule has 0 aromatic heterocycles. The van der Waals surface area contributed by atoms with Gasteiger partial charge in [-0.3, -0.25) is 0 Å². The minimum Gasteiger partial charge on any atom is -0.103 e. The molecule has 98 valence electrons. The van der Waals surface area contributed by atoms with Crippen LogP contribution >= 0.6 is 0 Å². The summed E-state index contributed by atoms with van der Waals surface area (Å²) in [5.74, 6) is 0. The molecule has 1 aliphatic rings. The normalized spacial score (nSPS) is 14.9. The maximum Gasteiger partial charge on any atom is -0.0317 e. The Bertz CT molecular complexity index is 212. The van der Waals surface area contributed by atoms with Gasteiger partial charge in [0.15, 0.2) is 0 Å². The van der Waals surface area contributed by atoms with Crippen molar-refractivity contribution in [3.8, 4) is 0 Å². The molecule has 0 heteroatoms. The summed E-state index contributed by atoms with van der Waals surface area (Å²) >= 11 is 0. The van der Waals surface area contributed by atoms with E-state index in [9.17, 15) is 0 Å². The Labute approximate surface area is 108 Å². The van der Waals surface area contributed by atoms with Crippen molar-refractivity contribution in [2.24, 2.45) is 0 Å². The molecular weight excluding hydrogens is 204 g/mol. The first-order valence-electron chi connectivity index (χ1n) is 7.72. The van der Waals surface area contributed by atoms with Crippen molar-refractivity contribution < 1.29 is 0 Å². The monoisotopic (exact) mass is 234 g/mol. The number of rotatable bonds is 11. The lowest BCUT2D eigenvalue weighted by atomic mass is 10.0. The highest BCUT2D eigenvalue weighted by molar-refractivity contribution is 5.06. The topological polar surface area (TPSA) is 0 Å². The second-order valence-electron chi connectivity index (χ2n) is 5.41. The van der Waals surface area contributed by atoms with Gasteiger partial charge < -0.3 is 0 Å². The molecule has 1 aliphatic carbocycles. The third kappa shape index (κ3) is 8.24. The first-order valence-corrected chi connectivity index (χ1v) is 7.72. The van der Waals surface area contributed by atoms with E-state index >= 15 is 0 Å². The summed E-state index contributed by atoms with van der Waals surface area (Å²) in [4.78, 5) is 0. The van der Waals surface area contributed by atoms with Gasteiger partial charge in [0.2, 0.25) is 0 Å². The Balaban J connectivity index is 1.73. The van der Waals surface area contributed by atoms with Crippen LogP contribution in [0.15, 0.2) is 24.3 Å². The smallest absolute Gasteiger partial charge is 0.0317 e. The van der Waals surface area contributed by atoms with Crippen LogP contribution in [-0.2, 0) is 0 Å². The van der Waals surface area contributed by atoms with Crippen LogP contribution in [0.2, 0.25) is 0 Å². The molecule has 0 saturated carbocycles. The van der Waals surface area contributed by atoms with E-state index in [2.05, 4.69) is 12.7 Å². The van der Waals surface area contributed by atoms with Crippen LogP contribution in [0.25, 0.3) is 0 Å². The summed E-state index contributed by atoms with van der Waals surface area (Å²) in [5.41, 5.74) is 1.74. The molecule has 0 aromatic rings. The summed E-state index contributed by atoms with van der Waals surface area (Å²) in [6.07, 6.45) is 22.7. The van der Waals surface area contributed by atoms with Gasteiger partial charge >= 0.3 is 0 Å². The molecule has 0 nitrogen and oxygen atoms in total. The quantitative estimate of drug-likeness (QED) is 0.295. The van der Waals surface area contributed by atoms with Gasteiger partial charge in [0.25, 0.3) is 0 Å². The number of hydrogen-bond acceptors (Lipinski definition) is 0. The highest BCUT2D eigenvalue weighted by atomic mass is 14.1. The SMILES string of the molecule is C=CCCCCCCCCCCC1=CCCC1. The van der Waals surface area contributed by atoms with Crippen molar-refractivity contribution in [3.05, 3.63) is 24.3 Å². The van der Waals surface area contributed by atoms with Crippen LogP contribution in [-0.4, -0.2) is 0 Å². The predicted octanol–water partition coefficient (Wildman–Crippen LogP) is 6.18. The van der Waals surface area contributed by atoms with Crippen LogP contribution < -0.4 is 0 Å². The first-order chi connectivity index (χ1) is 8.43. The lowest BCUT2D eigenvalue weighted by Gasteiger charge is -2.03. The second kappa shape index (κ2) is 10.6. The Morgan fingerprint density at radius 1 is 0.941 bits per heavy atom. The van der Waals surface area contributed by atoms with Crippen LogP contribution in [0, 0.1) is 0 Å². The fraction of sp³-hybridized carbons (Fsp3) is 0.765. The molecule has 0 radical (unpaired) electrons. The molecular formula is C17H30. The van der Waals surface area contributed by atoms with Gasteiger partial charge in [0.05, 0.1) is 0 Å². The molecule has 0 saturated heterocycles. The summed E-state index contributed by atoms with van der Waals surface area (Å²) in [5, 5.41) is 0. The molecule has 0 atom stereocenters. The third-order valence-electron chi connectivity index (χ3n) is 3.79. The summed E-state index contributed by atoms with van der Waals surface area (Å²) in [6, 6.07) is 0. The Morgan fingerprint density at radius 3 is 2.18 bits per heavy atom. The second-order valence-corrected chi connectivity index (χ2v) is 5.41. The van der Waals surface area contributed by atoms with Crippen molar-refractivity contribution in [2.45, 2.75) is 83.5 Å². The molecule has 0 amide bonds. The summed E-state index contributed by atoms with van der Waals surface area (Å²) < 4.78 is 0. The van der Waals surface area contributed by atoms with Crippen molar-refractivity contribution in [1.29, 1.82) is 0 Å². The molecule has 0 heterocycles. The fourth-order valence-electron chi connectivity index (χ4n) is 2.67. The van der Waals surface area contributed by atoms with Gasteiger partial charge in [0.1, 0.15) is 0 Å². The van der Waals surface area contributed by atoms with E-state index in [-0.39, 0.29) is 0 Å². The first kappa shape index (κ1) is 14.5. The molecule has 0 spiro atoms. The number of hydrogen-bond donors (Lipinski definition) is 0. The van der Waals surface area contributed by atoms with E-state index in [0.29, 0.717) is 0 Å². The lowest BCUT2D eigenvalue weighted by Crippen LogP contribution is -1.83. The standard InChI is InChI=1S/C17H30/c1-2-3-4-5-6-7-8-9-10-11-14-17-15-12-13-16-17/h2,15H,1,3-14,16H2. The van der Waals surface area contributed by atoms with Crippen LogP contribution in [0.1, 0.15) is 83.5 Å². The average Bonchev–Trinajstić information content (AvgIpc) is 2.85. The Kier molecular flexibility index (Phi) is 9.09. The maximum atomic E-state index is 3.76. The molecule has 0 fully saturated rings. The largest absolute Gasteiger partial charge is 0.103 e. The van der Waals surface area contributed by atoms with Gasteiger partial charge in [-0.15, -0.1) is 6.58 Å². The van der Waals surface area contributed by atoms with E-state index in [1.165, 1.54) is 83.5 Å². The van der Waals surface area contributed by atoms with Gasteiger partial charge in [-0.05, 0) is 44.9 Å². The van der Waals surface area contributed by atoms with Crippen LogP contribution in [0.4, 0.5) is 0 Å². The van der Waals surface area contributed by atoms with Crippen molar-refractivity contribution in [3.63, 3.8) is 0 Å². The molecule has 0 aromatic carbocycles. The van der Waals surface area contributed by atoms with E-state index in [1.54, 1.807) is 5.57 Å². The number of unbranched alkanes of at least 4 members (excludes halogenated alkanes) is 8.